The highest BCUT2D eigenvalue weighted by atomic mass is 32.1. The number of carboxylic acid groups (broad SMARTS) is 1. The SMILES string of the molecule is CCCc1nc(C)c(C(=O)N(CCc2ccccc2)CC(=O)O)s1. The Hall–Kier alpha value is -2.21. The monoisotopic (exact) mass is 346 g/mol. The molecular weight excluding hydrogens is 324 g/mol. The number of carbonyl (C=O) groups is 2. The maximum Gasteiger partial charge on any atom is 0.323 e. The van der Waals surface area contributed by atoms with Crippen LogP contribution in [0.5, 0.6) is 0 Å². The van der Waals surface area contributed by atoms with Crippen LogP contribution < -0.4 is 0 Å². The number of hydrogen-bond donors (Lipinski definition) is 1. The van der Waals surface area contributed by atoms with Crippen molar-refractivity contribution in [2.24, 2.45) is 0 Å². The van der Waals surface area contributed by atoms with Crippen LogP contribution in [0.25, 0.3) is 0 Å². The van der Waals surface area contributed by atoms with E-state index in [1.165, 1.54) is 16.2 Å². The Morgan fingerprint density at radius 3 is 2.54 bits per heavy atom. The number of amides is 1. The second-order valence-corrected chi connectivity index (χ2v) is 6.71. The van der Waals surface area contributed by atoms with Crippen LogP contribution in [0.3, 0.4) is 0 Å². The number of aryl methyl sites for hydroxylation is 2. The van der Waals surface area contributed by atoms with Gasteiger partial charge in [0.25, 0.3) is 5.91 Å². The Balaban J connectivity index is 2.14. The first-order valence-corrected chi connectivity index (χ1v) is 8.84. The summed E-state index contributed by atoms with van der Waals surface area (Å²) >= 11 is 1.37. The van der Waals surface area contributed by atoms with Gasteiger partial charge in [-0.1, -0.05) is 37.3 Å². The average molecular weight is 346 g/mol. The highest BCUT2D eigenvalue weighted by Crippen LogP contribution is 2.21. The Labute approximate surface area is 146 Å². The molecule has 0 aliphatic heterocycles. The zero-order chi connectivity index (χ0) is 17.5. The fourth-order valence-electron chi connectivity index (χ4n) is 2.44. The molecule has 0 unspecified atom stereocenters. The Bertz CT molecular complexity index is 698. The molecule has 2 aromatic rings. The first-order chi connectivity index (χ1) is 11.5. The minimum atomic E-state index is -1.01. The van der Waals surface area contributed by atoms with Crippen molar-refractivity contribution in [3.63, 3.8) is 0 Å². The smallest absolute Gasteiger partial charge is 0.323 e. The summed E-state index contributed by atoms with van der Waals surface area (Å²) in [6, 6.07) is 9.74. The van der Waals surface area contributed by atoms with Gasteiger partial charge in [-0.15, -0.1) is 11.3 Å². The van der Waals surface area contributed by atoms with Crippen molar-refractivity contribution >= 4 is 23.2 Å². The van der Waals surface area contributed by atoms with Crippen molar-refractivity contribution in [1.82, 2.24) is 9.88 Å². The summed E-state index contributed by atoms with van der Waals surface area (Å²) in [5.74, 6) is -1.25. The maximum absolute atomic E-state index is 12.8. The van der Waals surface area contributed by atoms with Gasteiger partial charge in [0.15, 0.2) is 0 Å². The minimum absolute atomic E-state index is 0.245. The fourth-order valence-corrected chi connectivity index (χ4v) is 3.57. The first kappa shape index (κ1) is 18.1. The van der Waals surface area contributed by atoms with Gasteiger partial charge in [0.1, 0.15) is 11.4 Å². The van der Waals surface area contributed by atoms with Crippen molar-refractivity contribution in [3.05, 3.63) is 51.5 Å². The second-order valence-electron chi connectivity index (χ2n) is 5.63. The molecule has 1 aromatic heterocycles. The second kappa shape index (κ2) is 8.59. The summed E-state index contributed by atoms with van der Waals surface area (Å²) in [5.41, 5.74) is 1.76. The van der Waals surface area contributed by atoms with E-state index in [-0.39, 0.29) is 12.5 Å². The molecule has 0 saturated carbocycles. The van der Waals surface area contributed by atoms with Crippen LogP contribution in [0.15, 0.2) is 30.3 Å². The molecule has 0 bridgehead atoms. The number of carbonyl (C=O) groups excluding carboxylic acids is 1. The Morgan fingerprint density at radius 1 is 1.21 bits per heavy atom. The van der Waals surface area contributed by atoms with E-state index in [0.717, 1.165) is 23.4 Å². The topological polar surface area (TPSA) is 70.5 Å². The zero-order valence-electron chi connectivity index (χ0n) is 14.0. The fraction of sp³-hybridized carbons (Fsp3) is 0.389. The average Bonchev–Trinajstić information content (AvgIpc) is 2.92. The van der Waals surface area contributed by atoms with Crippen molar-refractivity contribution < 1.29 is 14.7 Å². The van der Waals surface area contributed by atoms with E-state index in [9.17, 15) is 9.59 Å². The number of aliphatic carboxylic acids is 1. The number of hydrogen-bond acceptors (Lipinski definition) is 4. The van der Waals surface area contributed by atoms with Crippen LogP contribution in [-0.4, -0.2) is 40.0 Å². The molecule has 0 radical (unpaired) electrons. The predicted molar refractivity (Wildman–Crippen MR) is 94.5 cm³/mol. The quantitative estimate of drug-likeness (QED) is 0.797. The van der Waals surface area contributed by atoms with Crippen LogP contribution in [0.4, 0.5) is 0 Å². The summed E-state index contributed by atoms with van der Waals surface area (Å²) in [6.07, 6.45) is 2.43. The predicted octanol–water partition coefficient (Wildman–Crippen LogP) is 3.17. The van der Waals surface area contributed by atoms with E-state index < -0.39 is 5.97 Å². The van der Waals surface area contributed by atoms with Gasteiger partial charge in [0, 0.05) is 6.54 Å². The molecule has 24 heavy (non-hydrogen) atoms. The Morgan fingerprint density at radius 2 is 1.92 bits per heavy atom. The van der Waals surface area contributed by atoms with Gasteiger partial charge >= 0.3 is 5.97 Å². The zero-order valence-corrected chi connectivity index (χ0v) is 14.8. The summed E-state index contributed by atoms with van der Waals surface area (Å²) in [7, 11) is 0. The molecule has 1 aromatic carbocycles. The van der Waals surface area contributed by atoms with Crippen LogP contribution >= 0.6 is 11.3 Å². The van der Waals surface area contributed by atoms with Crippen LogP contribution in [0.2, 0.25) is 0 Å². The van der Waals surface area contributed by atoms with Crippen LogP contribution in [-0.2, 0) is 17.6 Å². The van der Waals surface area contributed by atoms with Gasteiger partial charge in [-0.25, -0.2) is 4.98 Å². The highest BCUT2D eigenvalue weighted by Gasteiger charge is 2.23. The van der Waals surface area contributed by atoms with Crippen LogP contribution in [0, 0.1) is 6.92 Å². The summed E-state index contributed by atoms with van der Waals surface area (Å²) in [4.78, 5) is 30.3. The molecular formula is C18H22N2O3S. The number of nitrogens with zero attached hydrogens (tertiary/aromatic N) is 2. The molecule has 1 amide bonds. The van der Waals surface area contributed by atoms with E-state index in [2.05, 4.69) is 11.9 Å². The van der Waals surface area contributed by atoms with E-state index in [0.29, 0.717) is 23.5 Å². The lowest BCUT2D eigenvalue weighted by molar-refractivity contribution is -0.137. The lowest BCUT2D eigenvalue weighted by atomic mass is 10.1. The number of rotatable bonds is 8. The molecule has 6 heteroatoms. The van der Waals surface area contributed by atoms with E-state index in [4.69, 9.17) is 5.11 Å². The summed E-state index contributed by atoms with van der Waals surface area (Å²) in [6.45, 7) is 3.94. The normalized spacial score (nSPS) is 10.6. The van der Waals surface area contributed by atoms with Gasteiger partial charge in [-0.2, -0.15) is 0 Å². The lowest BCUT2D eigenvalue weighted by Crippen LogP contribution is -2.37. The maximum atomic E-state index is 12.8. The van der Waals surface area contributed by atoms with Crippen molar-refractivity contribution in [3.8, 4) is 0 Å². The molecule has 0 aliphatic carbocycles. The van der Waals surface area contributed by atoms with Gasteiger partial charge in [0.05, 0.1) is 10.7 Å². The standard InChI is InChI=1S/C18H22N2O3S/c1-3-7-15-19-13(2)17(24-15)18(23)20(12-16(21)22)11-10-14-8-5-4-6-9-14/h4-6,8-9H,3,7,10-12H2,1-2H3,(H,21,22). The highest BCUT2D eigenvalue weighted by molar-refractivity contribution is 7.13. The summed E-state index contributed by atoms with van der Waals surface area (Å²) in [5, 5.41) is 10.1. The number of aromatic nitrogens is 1. The molecule has 5 nitrogen and oxygen atoms in total. The lowest BCUT2D eigenvalue weighted by Gasteiger charge is -2.20. The van der Waals surface area contributed by atoms with E-state index in [1.807, 2.05) is 30.3 Å². The van der Waals surface area contributed by atoms with Gasteiger partial charge in [0.2, 0.25) is 0 Å². The Kier molecular flexibility index (Phi) is 6.49. The molecule has 0 spiro atoms. The van der Waals surface area contributed by atoms with Crippen molar-refractivity contribution in [2.45, 2.75) is 33.1 Å². The van der Waals surface area contributed by atoms with Crippen molar-refractivity contribution in [2.75, 3.05) is 13.1 Å². The van der Waals surface area contributed by atoms with Crippen molar-refractivity contribution in [1.29, 1.82) is 0 Å². The largest absolute Gasteiger partial charge is 0.480 e. The number of thiazole rings is 1. The first-order valence-electron chi connectivity index (χ1n) is 8.02. The molecule has 0 atom stereocenters. The van der Waals surface area contributed by atoms with Gasteiger partial charge in [-0.3, -0.25) is 9.59 Å². The molecule has 0 fully saturated rings. The van der Waals surface area contributed by atoms with Gasteiger partial charge < -0.3 is 10.0 Å². The molecule has 0 aliphatic rings. The number of benzene rings is 1. The number of carboxylic acids is 1. The third-order valence-electron chi connectivity index (χ3n) is 3.63. The van der Waals surface area contributed by atoms with Crippen LogP contribution in [0.1, 0.15) is 39.3 Å². The van der Waals surface area contributed by atoms with E-state index in [1.54, 1.807) is 6.92 Å². The molecule has 2 rings (SSSR count). The molecule has 128 valence electrons. The third kappa shape index (κ3) is 4.89. The summed E-state index contributed by atoms with van der Waals surface area (Å²) < 4.78 is 0. The van der Waals surface area contributed by atoms with Gasteiger partial charge in [-0.05, 0) is 31.7 Å². The minimum Gasteiger partial charge on any atom is -0.480 e. The van der Waals surface area contributed by atoms with E-state index >= 15 is 0 Å². The molecule has 0 saturated heterocycles. The molecule has 1 heterocycles. The third-order valence-corrected chi connectivity index (χ3v) is 4.83. The molecule has 1 N–H and O–H groups in total.